The van der Waals surface area contributed by atoms with E-state index in [1.165, 1.54) is 0 Å². The number of carbonyl (C=O) groups is 3. The topological polar surface area (TPSA) is 75.7 Å². The molecule has 0 atom stereocenters. The highest BCUT2D eigenvalue weighted by atomic mass is 35.5. The molecule has 0 aliphatic carbocycles. The fraction of sp³-hybridized carbons (Fsp3) is 0.100. The fourth-order valence-electron chi connectivity index (χ4n) is 4.12. The van der Waals surface area contributed by atoms with E-state index in [9.17, 15) is 14.4 Å². The maximum atomic E-state index is 12.9. The number of carbonyl (C=O) groups excluding carboxylic acids is 3. The van der Waals surface area contributed by atoms with Crippen molar-refractivity contribution in [3.8, 4) is 5.75 Å². The predicted molar refractivity (Wildman–Crippen MR) is 152 cm³/mol. The third kappa shape index (κ3) is 5.74. The quantitative estimate of drug-likeness (QED) is 0.253. The van der Waals surface area contributed by atoms with Crippen LogP contribution in [0.4, 0.5) is 10.5 Å². The summed E-state index contributed by atoms with van der Waals surface area (Å²) in [6, 6.07) is 26.7. The van der Waals surface area contributed by atoms with Crippen molar-refractivity contribution in [1.82, 2.24) is 4.90 Å². The lowest BCUT2D eigenvalue weighted by Crippen LogP contribution is -2.36. The Hall–Kier alpha value is -4.07. The highest BCUT2D eigenvalue weighted by molar-refractivity contribution is 8.18. The van der Waals surface area contributed by atoms with Gasteiger partial charge in [-0.2, -0.15) is 0 Å². The Morgan fingerprint density at radius 1 is 1.00 bits per heavy atom. The molecular weight excluding hydrogens is 520 g/mol. The van der Waals surface area contributed by atoms with Crippen molar-refractivity contribution in [2.45, 2.75) is 13.5 Å². The summed E-state index contributed by atoms with van der Waals surface area (Å²) in [5.41, 5.74) is 3.13. The van der Waals surface area contributed by atoms with Gasteiger partial charge in [0.15, 0.2) is 0 Å². The molecule has 1 N–H and O–H groups in total. The first-order chi connectivity index (χ1) is 18.4. The Balaban J connectivity index is 1.25. The van der Waals surface area contributed by atoms with Crippen LogP contribution >= 0.6 is 23.4 Å². The van der Waals surface area contributed by atoms with Crippen LogP contribution in [-0.2, 0) is 16.2 Å². The summed E-state index contributed by atoms with van der Waals surface area (Å²) in [4.78, 5) is 39.2. The highest BCUT2D eigenvalue weighted by Crippen LogP contribution is 2.33. The fourth-order valence-corrected chi connectivity index (χ4v) is 5.13. The van der Waals surface area contributed by atoms with Gasteiger partial charge >= 0.3 is 0 Å². The van der Waals surface area contributed by atoms with Gasteiger partial charge in [-0.1, -0.05) is 72.3 Å². The molecule has 0 saturated carbocycles. The molecule has 3 amide bonds. The normalized spacial score (nSPS) is 14.4. The first-order valence-corrected chi connectivity index (χ1v) is 13.1. The molecule has 5 rings (SSSR count). The van der Waals surface area contributed by atoms with E-state index in [1.54, 1.807) is 24.3 Å². The monoisotopic (exact) mass is 542 g/mol. The second-order valence-electron chi connectivity index (χ2n) is 8.77. The van der Waals surface area contributed by atoms with Gasteiger partial charge < -0.3 is 10.1 Å². The molecule has 0 spiro atoms. The lowest BCUT2D eigenvalue weighted by Gasteiger charge is -2.13. The smallest absolute Gasteiger partial charge is 0.294 e. The maximum Gasteiger partial charge on any atom is 0.294 e. The second-order valence-corrected chi connectivity index (χ2v) is 10.2. The van der Waals surface area contributed by atoms with E-state index in [4.69, 9.17) is 16.3 Å². The highest BCUT2D eigenvalue weighted by Gasteiger charge is 2.36. The molecule has 38 heavy (non-hydrogen) atoms. The van der Waals surface area contributed by atoms with Gasteiger partial charge in [-0.25, -0.2) is 0 Å². The number of rotatable bonds is 7. The number of hydrogen-bond acceptors (Lipinski definition) is 5. The molecule has 1 heterocycles. The number of thioether (sulfide) groups is 1. The van der Waals surface area contributed by atoms with Crippen LogP contribution in [-0.4, -0.2) is 28.5 Å². The number of anilines is 1. The summed E-state index contributed by atoms with van der Waals surface area (Å²) < 4.78 is 6.04. The van der Waals surface area contributed by atoms with E-state index in [0.29, 0.717) is 28.6 Å². The first kappa shape index (κ1) is 25.6. The zero-order valence-electron chi connectivity index (χ0n) is 20.4. The van der Waals surface area contributed by atoms with E-state index in [0.717, 1.165) is 38.6 Å². The minimum Gasteiger partial charge on any atom is -0.489 e. The number of aryl methyl sites for hydroxylation is 1. The molecule has 1 saturated heterocycles. The minimum absolute atomic E-state index is 0.243. The second kappa shape index (κ2) is 11.1. The summed E-state index contributed by atoms with van der Waals surface area (Å²) in [5, 5.41) is 4.97. The van der Waals surface area contributed by atoms with Gasteiger partial charge in [0.1, 0.15) is 18.9 Å². The molecule has 190 valence electrons. The summed E-state index contributed by atoms with van der Waals surface area (Å²) in [5.74, 6) is -0.357. The van der Waals surface area contributed by atoms with Crippen molar-refractivity contribution in [3.05, 3.63) is 112 Å². The van der Waals surface area contributed by atoms with Gasteiger partial charge in [0.05, 0.1) is 4.91 Å². The van der Waals surface area contributed by atoms with Gasteiger partial charge in [-0.3, -0.25) is 19.3 Å². The Bertz CT molecular complexity index is 1600. The van der Waals surface area contributed by atoms with E-state index < -0.39 is 17.1 Å². The molecule has 0 unspecified atom stereocenters. The van der Waals surface area contributed by atoms with Crippen LogP contribution in [0.5, 0.6) is 5.75 Å². The lowest BCUT2D eigenvalue weighted by atomic mass is 10.1. The van der Waals surface area contributed by atoms with Crippen LogP contribution in [0.1, 0.15) is 16.7 Å². The molecule has 0 radical (unpaired) electrons. The number of amides is 3. The van der Waals surface area contributed by atoms with Crippen molar-refractivity contribution >= 4 is 63.0 Å². The number of ether oxygens (including phenoxy) is 1. The van der Waals surface area contributed by atoms with Crippen LogP contribution in [0.3, 0.4) is 0 Å². The third-order valence-electron chi connectivity index (χ3n) is 6.08. The Kier molecular flexibility index (Phi) is 7.49. The number of nitrogens with zero attached hydrogens (tertiary/aromatic N) is 1. The SMILES string of the molecule is Cc1ccc(Cl)cc1NC(=O)CN1C(=O)S/C(=C/c2cccc(OCc3cccc4ccccc34)c2)C1=O. The molecule has 4 aromatic rings. The van der Waals surface area contributed by atoms with Gasteiger partial charge in [0.2, 0.25) is 5.91 Å². The number of halogens is 1. The maximum absolute atomic E-state index is 12.9. The van der Waals surface area contributed by atoms with Crippen molar-refractivity contribution in [2.75, 3.05) is 11.9 Å². The molecule has 0 aromatic heterocycles. The minimum atomic E-state index is -0.514. The van der Waals surface area contributed by atoms with Crippen LogP contribution in [0.25, 0.3) is 16.8 Å². The van der Waals surface area contributed by atoms with Crippen LogP contribution in [0.15, 0.2) is 89.8 Å². The largest absolute Gasteiger partial charge is 0.489 e. The Morgan fingerprint density at radius 2 is 1.79 bits per heavy atom. The molecule has 1 aliphatic heterocycles. The average Bonchev–Trinajstić information content (AvgIpc) is 3.17. The molecule has 8 heteroatoms. The number of nitrogens with one attached hydrogen (secondary N) is 1. The third-order valence-corrected chi connectivity index (χ3v) is 7.22. The molecule has 6 nitrogen and oxygen atoms in total. The van der Waals surface area contributed by atoms with Gasteiger partial charge in [-0.15, -0.1) is 0 Å². The van der Waals surface area contributed by atoms with Gasteiger partial charge in [-0.05, 0) is 76.5 Å². The number of hydrogen-bond donors (Lipinski definition) is 1. The summed E-state index contributed by atoms with van der Waals surface area (Å²) in [6.07, 6.45) is 1.63. The van der Waals surface area contributed by atoms with Crippen molar-refractivity contribution in [2.24, 2.45) is 0 Å². The van der Waals surface area contributed by atoms with E-state index in [1.807, 2.05) is 55.5 Å². The number of imide groups is 1. The van der Waals surface area contributed by atoms with E-state index in [-0.39, 0.29) is 11.4 Å². The summed E-state index contributed by atoms with van der Waals surface area (Å²) >= 11 is 6.81. The van der Waals surface area contributed by atoms with Crippen molar-refractivity contribution in [1.29, 1.82) is 0 Å². The number of benzene rings is 4. The van der Waals surface area contributed by atoms with Crippen LogP contribution in [0.2, 0.25) is 5.02 Å². The van der Waals surface area contributed by atoms with E-state index >= 15 is 0 Å². The zero-order valence-corrected chi connectivity index (χ0v) is 22.0. The van der Waals surface area contributed by atoms with Crippen molar-refractivity contribution < 1.29 is 19.1 Å². The molecule has 1 fully saturated rings. The standard InChI is InChI=1S/C30H23ClN2O4S/c1-19-12-13-23(31)16-26(19)32-28(34)17-33-29(35)27(38-30(33)36)15-20-6-4-10-24(14-20)37-18-22-9-5-8-21-7-2-3-11-25(21)22/h2-16H,17-18H2,1H3,(H,32,34)/b27-15+. The predicted octanol–water partition coefficient (Wildman–Crippen LogP) is 7.06. The van der Waals surface area contributed by atoms with Crippen molar-refractivity contribution in [3.63, 3.8) is 0 Å². The lowest BCUT2D eigenvalue weighted by molar-refractivity contribution is -0.127. The summed E-state index contributed by atoms with van der Waals surface area (Å²) in [7, 11) is 0. The van der Waals surface area contributed by atoms with Crippen LogP contribution < -0.4 is 10.1 Å². The molecule has 1 aliphatic rings. The van der Waals surface area contributed by atoms with E-state index in [2.05, 4.69) is 23.5 Å². The Morgan fingerprint density at radius 3 is 2.66 bits per heavy atom. The molecular formula is C30H23ClN2O4S. The van der Waals surface area contributed by atoms with Gasteiger partial charge in [0.25, 0.3) is 11.1 Å². The molecule has 4 aromatic carbocycles. The Labute approximate surface area is 229 Å². The summed E-state index contributed by atoms with van der Waals surface area (Å²) in [6.45, 7) is 1.83. The molecule has 0 bridgehead atoms. The average molecular weight is 543 g/mol. The first-order valence-electron chi connectivity index (χ1n) is 11.9. The van der Waals surface area contributed by atoms with Crippen LogP contribution in [0, 0.1) is 6.92 Å². The number of fused-ring (bicyclic) bond motifs is 1. The van der Waals surface area contributed by atoms with Gasteiger partial charge in [0, 0.05) is 10.7 Å². The zero-order chi connectivity index (χ0) is 26.6.